The van der Waals surface area contributed by atoms with Gasteiger partial charge in [-0.3, -0.25) is 38.4 Å². The van der Waals surface area contributed by atoms with Crippen LogP contribution in [0.25, 0.3) is 0 Å². The predicted octanol–water partition coefficient (Wildman–Crippen LogP) is 4.66. The lowest BCUT2D eigenvalue weighted by Crippen LogP contribution is -2.38. The van der Waals surface area contributed by atoms with Crippen LogP contribution in [0.1, 0.15) is 119 Å². The summed E-state index contributed by atoms with van der Waals surface area (Å²) in [7, 11) is 0. The number of hydrogen-bond acceptors (Lipinski definition) is 12. The average molecular weight is 654 g/mol. The molecule has 0 saturated carbocycles. The lowest BCUT2D eigenvalue weighted by Gasteiger charge is -2.30. The first kappa shape index (κ1) is 42.6. The third kappa shape index (κ3) is 13.9. The van der Waals surface area contributed by atoms with Gasteiger partial charge in [-0.25, -0.2) is 0 Å². The highest BCUT2D eigenvalue weighted by Gasteiger charge is 2.42. The molecule has 0 amide bonds. The quantitative estimate of drug-likeness (QED) is 0.0759. The number of rotatable bonds is 25. The van der Waals surface area contributed by atoms with Crippen LogP contribution in [0.15, 0.2) is 0 Å². The zero-order valence-electron chi connectivity index (χ0n) is 28.7. The Balaban J connectivity index is 5.42. The average Bonchev–Trinajstić information content (AvgIpc) is 2.98. The molecule has 0 atom stereocenters. The van der Waals surface area contributed by atoms with Crippen LogP contribution in [-0.4, -0.2) is 73.4 Å². The smallest absolute Gasteiger partial charge is 0.305 e. The Morgan fingerprint density at radius 2 is 0.761 bits per heavy atom. The van der Waals surface area contributed by atoms with Crippen molar-refractivity contribution in [2.24, 2.45) is 16.2 Å². The van der Waals surface area contributed by atoms with E-state index < -0.39 is 63.3 Å². The van der Waals surface area contributed by atoms with Gasteiger partial charge < -0.3 is 18.9 Å². The van der Waals surface area contributed by atoms with Gasteiger partial charge in [0.15, 0.2) is 0 Å². The SMILES string of the molecule is [CH2]C(CCCC)(COC(=O)CCC(CCC(=O)OCC)(C(C)=O)C(C)=O)COC(=O)CCC(CCC(=O)OCC)(C(C)=O)C(C)=O. The van der Waals surface area contributed by atoms with E-state index in [0.29, 0.717) is 12.8 Å². The van der Waals surface area contributed by atoms with Gasteiger partial charge in [-0.05, 0) is 80.6 Å². The van der Waals surface area contributed by atoms with E-state index in [2.05, 4.69) is 6.92 Å². The first-order chi connectivity index (χ1) is 21.4. The molecule has 0 aromatic heterocycles. The molecule has 0 N–H and O–H groups in total. The van der Waals surface area contributed by atoms with E-state index in [9.17, 15) is 38.4 Å². The molecule has 0 spiro atoms. The van der Waals surface area contributed by atoms with Crippen LogP contribution in [0.4, 0.5) is 0 Å². The van der Waals surface area contributed by atoms with E-state index in [0.717, 1.165) is 6.42 Å². The lowest BCUT2D eigenvalue weighted by atomic mass is 9.73. The molecule has 0 bridgehead atoms. The molecule has 0 aromatic rings. The number of carbonyl (C=O) groups excluding carboxylic acids is 8. The highest BCUT2D eigenvalue weighted by molar-refractivity contribution is 6.06. The number of ketones is 4. The molecule has 12 heteroatoms. The molecule has 46 heavy (non-hydrogen) atoms. The van der Waals surface area contributed by atoms with E-state index in [1.807, 2.05) is 6.92 Å². The van der Waals surface area contributed by atoms with Gasteiger partial charge in [-0.1, -0.05) is 19.8 Å². The summed E-state index contributed by atoms with van der Waals surface area (Å²) in [5.41, 5.74) is -4.07. The molecule has 0 heterocycles. The van der Waals surface area contributed by atoms with Crippen LogP contribution in [0.5, 0.6) is 0 Å². The molecule has 261 valence electrons. The number of unbranched alkanes of at least 4 members (excludes halogenated alkanes) is 1. The van der Waals surface area contributed by atoms with Crippen molar-refractivity contribution in [3.63, 3.8) is 0 Å². The van der Waals surface area contributed by atoms with Crippen molar-refractivity contribution < 1.29 is 57.3 Å². The van der Waals surface area contributed by atoms with E-state index in [-0.39, 0.29) is 77.8 Å². The fraction of sp³-hybridized carbons (Fsp3) is 0.735. The molecular weight excluding hydrogens is 600 g/mol. The van der Waals surface area contributed by atoms with Crippen molar-refractivity contribution in [2.75, 3.05) is 26.4 Å². The zero-order valence-corrected chi connectivity index (χ0v) is 28.7. The predicted molar refractivity (Wildman–Crippen MR) is 167 cm³/mol. The second kappa shape index (κ2) is 20.6. The van der Waals surface area contributed by atoms with Gasteiger partial charge >= 0.3 is 23.9 Å². The Kier molecular flexibility index (Phi) is 19.1. The van der Waals surface area contributed by atoms with Gasteiger partial charge in [0.05, 0.1) is 24.0 Å². The van der Waals surface area contributed by atoms with Crippen LogP contribution in [0, 0.1) is 23.2 Å². The van der Waals surface area contributed by atoms with Gasteiger partial charge in [0, 0.05) is 31.1 Å². The van der Waals surface area contributed by atoms with Crippen molar-refractivity contribution in [2.45, 2.75) is 119 Å². The fourth-order valence-electron chi connectivity index (χ4n) is 5.23. The number of esters is 4. The maximum Gasteiger partial charge on any atom is 0.305 e. The van der Waals surface area contributed by atoms with Crippen LogP contribution < -0.4 is 0 Å². The van der Waals surface area contributed by atoms with Crippen molar-refractivity contribution in [1.29, 1.82) is 0 Å². The standard InChI is InChI=1S/C34H53O12/c1-9-12-17-32(8,22-45-30(41)15-20-33(24(4)35,25(5)36)18-13-28(39)43-10-2)23-46-31(42)16-21-34(26(6)37,27(7)38)19-14-29(40)44-11-3/h8-23H2,1-7H3. The van der Waals surface area contributed by atoms with Crippen molar-refractivity contribution >= 4 is 47.0 Å². The lowest BCUT2D eigenvalue weighted by molar-refractivity contribution is -0.153. The summed E-state index contributed by atoms with van der Waals surface area (Å²) in [5.74, 6) is -4.31. The Labute approximate surface area is 273 Å². The van der Waals surface area contributed by atoms with Crippen LogP contribution >= 0.6 is 0 Å². The first-order valence-electron chi connectivity index (χ1n) is 16.0. The van der Waals surface area contributed by atoms with Gasteiger partial charge in [-0.15, -0.1) is 0 Å². The Hall–Kier alpha value is -3.44. The van der Waals surface area contributed by atoms with E-state index in [4.69, 9.17) is 18.9 Å². The summed E-state index contributed by atoms with van der Waals surface area (Å²) in [5, 5.41) is 0. The summed E-state index contributed by atoms with van der Waals surface area (Å²) in [6.07, 6.45) is 0.608. The number of carbonyl (C=O) groups is 8. The zero-order chi connectivity index (χ0) is 35.6. The fourth-order valence-corrected chi connectivity index (χ4v) is 5.23. The minimum atomic E-state index is -1.53. The minimum absolute atomic E-state index is 0.0904. The van der Waals surface area contributed by atoms with Crippen LogP contribution in [-0.2, 0) is 57.3 Å². The summed E-state index contributed by atoms with van der Waals surface area (Å²) < 4.78 is 20.7. The molecule has 12 nitrogen and oxygen atoms in total. The Morgan fingerprint density at radius 3 is 1.00 bits per heavy atom. The largest absolute Gasteiger partial charge is 0.466 e. The number of Topliss-reactive ketones (excluding diaryl/α,β-unsaturated/α-hetero) is 4. The molecule has 0 aliphatic carbocycles. The van der Waals surface area contributed by atoms with E-state index >= 15 is 0 Å². The van der Waals surface area contributed by atoms with Crippen molar-refractivity contribution in [1.82, 2.24) is 0 Å². The topological polar surface area (TPSA) is 173 Å². The van der Waals surface area contributed by atoms with Crippen LogP contribution in [0.3, 0.4) is 0 Å². The van der Waals surface area contributed by atoms with E-state index in [1.165, 1.54) is 27.7 Å². The molecule has 0 aromatic carbocycles. The van der Waals surface area contributed by atoms with Crippen LogP contribution in [0.2, 0.25) is 0 Å². The number of hydrogen-bond donors (Lipinski definition) is 0. The molecule has 1 radical (unpaired) electrons. The second-order valence-electron chi connectivity index (χ2n) is 11.9. The van der Waals surface area contributed by atoms with Gasteiger partial charge in [-0.2, -0.15) is 0 Å². The molecule has 0 saturated heterocycles. The third-order valence-corrected chi connectivity index (χ3v) is 8.47. The maximum absolute atomic E-state index is 12.8. The monoisotopic (exact) mass is 653 g/mol. The van der Waals surface area contributed by atoms with Gasteiger partial charge in [0.2, 0.25) is 0 Å². The maximum atomic E-state index is 12.8. The highest BCUT2D eigenvalue weighted by Crippen LogP contribution is 2.35. The normalized spacial score (nSPS) is 11.7. The third-order valence-electron chi connectivity index (χ3n) is 8.47. The highest BCUT2D eigenvalue weighted by atomic mass is 16.6. The van der Waals surface area contributed by atoms with E-state index in [1.54, 1.807) is 13.8 Å². The molecule has 0 aliphatic heterocycles. The van der Waals surface area contributed by atoms with Crippen molar-refractivity contribution in [3.05, 3.63) is 6.92 Å². The summed E-state index contributed by atoms with van der Waals surface area (Å²) in [4.78, 5) is 99.3. The molecule has 0 aliphatic rings. The minimum Gasteiger partial charge on any atom is -0.466 e. The van der Waals surface area contributed by atoms with Gasteiger partial charge in [0.1, 0.15) is 36.3 Å². The Morgan fingerprint density at radius 1 is 0.478 bits per heavy atom. The summed E-state index contributed by atoms with van der Waals surface area (Å²) in [6.45, 7) is 14.3. The number of ether oxygens (including phenoxy) is 4. The second-order valence-corrected chi connectivity index (χ2v) is 11.9. The molecule has 0 rings (SSSR count). The van der Waals surface area contributed by atoms with Crippen molar-refractivity contribution in [3.8, 4) is 0 Å². The Bertz CT molecular complexity index is 984. The molecular formula is C34H53O12. The summed E-state index contributed by atoms with van der Waals surface area (Å²) in [6, 6.07) is 0. The molecule has 0 unspecified atom stereocenters. The summed E-state index contributed by atoms with van der Waals surface area (Å²) >= 11 is 0. The van der Waals surface area contributed by atoms with Gasteiger partial charge in [0.25, 0.3) is 0 Å². The molecule has 0 fully saturated rings. The first-order valence-corrected chi connectivity index (χ1v) is 16.0.